The lowest BCUT2D eigenvalue weighted by Crippen LogP contribution is -2.42. The minimum absolute atomic E-state index is 0.309. The maximum atomic E-state index is 12.9. The number of hydrogen-bond donors (Lipinski definition) is 2. The highest BCUT2D eigenvalue weighted by Crippen LogP contribution is 2.30. The highest BCUT2D eigenvalue weighted by molar-refractivity contribution is 6.10. The molecule has 1 fully saturated rings. The van der Waals surface area contributed by atoms with E-state index in [0.717, 1.165) is 41.8 Å². The summed E-state index contributed by atoms with van der Waals surface area (Å²) in [5, 5.41) is 5.62. The molecule has 0 aromatic heterocycles. The first-order valence-corrected chi connectivity index (χ1v) is 9.59. The van der Waals surface area contributed by atoms with Crippen LogP contribution in [0, 0.1) is 0 Å². The summed E-state index contributed by atoms with van der Waals surface area (Å²) in [7, 11) is 0. The van der Waals surface area contributed by atoms with E-state index in [0.29, 0.717) is 5.56 Å². The Bertz CT molecular complexity index is 941. The quantitative estimate of drug-likeness (QED) is 0.804. The van der Waals surface area contributed by atoms with Crippen molar-refractivity contribution in [1.29, 1.82) is 0 Å². The standard InChI is InChI=1S/C22H23N3O3/c1-22(16-10-3-2-4-11-16)20(27)25(21(28)24-22)14-19(26)23-18-13-7-9-15-8-5-6-12-17(15)18/h2-4,7,9-11,13H,5-6,8,12,14H2,1H3,(H,23,26)(H,24,28). The van der Waals surface area contributed by atoms with Gasteiger partial charge in [0.25, 0.3) is 5.91 Å². The molecule has 0 spiro atoms. The molecule has 6 heteroatoms. The predicted molar refractivity (Wildman–Crippen MR) is 106 cm³/mol. The predicted octanol–water partition coefficient (Wildman–Crippen LogP) is 2.97. The molecule has 0 bridgehead atoms. The minimum atomic E-state index is -1.16. The molecule has 28 heavy (non-hydrogen) atoms. The highest BCUT2D eigenvalue weighted by Gasteiger charge is 2.49. The first-order valence-electron chi connectivity index (χ1n) is 9.59. The van der Waals surface area contributed by atoms with Crippen molar-refractivity contribution >= 4 is 23.5 Å². The van der Waals surface area contributed by atoms with E-state index >= 15 is 0 Å². The molecule has 2 aromatic carbocycles. The molecule has 144 valence electrons. The van der Waals surface area contributed by atoms with E-state index in [9.17, 15) is 14.4 Å². The number of aryl methyl sites for hydroxylation is 1. The van der Waals surface area contributed by atoms with Crippen LogP contribution in [0.5, 0.6) is 0 Å². The number of urea groups is 1. The minimum Gasteiger partial charge on any atom is -0.324 e. The molecule has 1 aliphatic heterocycles. The molecule has 1 atom stereocenters. The summed E-state index contributed by atoms with van der Waals surface area (Å²) in [4.78, 5) is 38.9. The van der Waals surface area contributed by atoms with Crippen molar-refractivity contribution in [3.8, 4) is 0 Å². The molecule has 1 heterocycles. The number of fused-ring (bicyclic) bond motifs is 1. The largest absolute Gasteiger partial charge is 0.325 e. The third-order valence-corrected chi connectivity index (χ3v) is 5.60. The van der Waals surface area contributed by atoms with Crippen LogP contribution in [0.2, 0.25) is 0 Å². The Kier molecular flexibility index (Phi) is 4.63. The third kappa shape index (κ3) is 3.15. The van der Waals surface area contributed by atoms with Crippen molar-refractivity contribution in [2.45, 2.75) is 38.1 Å². The number of benzene rings is 2. The highest BCUT2D eigenvalue weighted by atomic mass is 16.2. The van der Waals surface area contributed by atoms with E-state index in [-0.39, 0.29) is 12.5 Å². The zero-order valence-electron chi connectivity index (χ0n) is 15.8. The Balaban J connectivity index is 1.50. The molecule has 0 saturated carbocycles. The smallest absolute Gasteiger partial charge is 0.324 e. The molecular formula is C22H23N3O3. The summed E-state index contributed by atoms with van der Waals surface area (Å²) >= 11 is 0. The molecule has 1 saturated heterocycles. The molecule has 4 rings (SSSR count). The van der Waals surface area contributed by atoms with Crippen molar-refractivity contribution in [3.63, 3.8) is 0 Å². The van der Waals surface area contributed by atoms with Gasteiger partial charge in [0.15, 0.2) is 0 Å². The van der Waals surface area contributed by atoms with E-state index in [4.69, 9.17) is 0 Å². The molecule has 2 aromatic rings. The first kappa shape index (κ1) is 18.2. The number of anilines is 1. The molecule has 0 radical (unpaired) electrons. The third-order valence-electron chi connectivity index (χ3n) is 5.60. The van der Waals surface area contributed by atoms with E-state index in [1.807, 2.05) is 30.3 Å². The van der Waals surface area contributed by atoms with Crippen molar-refractivity contribution < 1.29 is 14.4 Å². The Morgan fingerprint density at radius 1 is 1.07 bits per heavy atom. The first-order chi connectivity index (χ1) is 13.5. The van der Waals surface area contributed by atoms with Crippen LogP contribution in [0.3, 0.4) is 0 Å². The molecule has 2 aliphatic rings. The number of nitrogens with one attached hydrogen (secondary N) is 2. The van der Waals surface area contributed by atoms with E-state index in [2.05, 4.69) is 16.7 Å². The Labute approximate surface area is 163 Å². The maximum absolute atomic E-state index is 12.9. The van der Waals surface area contributed by atoms with Crippen LogP contribution in [-0.4, -0.2) is 29.3 Å². The van der Waals surface area contributed by atoms with Gasteiger partial charge in [-0.2, -0.15) is 0 Å². The summed E-state index contributed by atoms with van der Waals surface area (Å²) in [6.45, 7) is 1.35. The monoisotopic (exact) mass is 377 g/mol. The van der Waals surface area contributed by atoms with Crippen molar-refractivity contribution in [2.24, 2.45) is 0 Å². The van der Waals surface area contributed by atoms with Gasteiger partial charge in [-0.1, -0.05) is 42.5 Å². The van der Waals surface area contributed by atoms with Gasteiger partial charge in [-0.05, 0) is 55.4 Å². The average molecular weight is 377 g/mol. The number of nitrogens with zero attached hydrogens (tertiary/aromatic N) is 1. The lowest BCUT2D eigenvalue weighted by Gasteiger charge is -2.22. The van der Waals surface area contributed by atoms with Gasteiger partial charge >= 0.3 is 6.03 Å². The van der Waals surface area contributed by atoms with Gasteiger partial charge in [-0.15, -0.1) is 0 Å². The summed E-state index contributed by atoms with van der Waals surface area (Å²) < 4.78 is 0. The second-order valence-corrected chi connectivity index (χ2v) is 7.51. The van der Waals surface area contributed by atoms with Crippen LogP contribution in [0.1, 0.15) is 36.5 Å². The van der Waals surface area contributed by atoms with Gasteiger partial charge in [-0.25, -0.2) is 4.79 Å². The lowest BCUT2D eigenvalue weighted by atomic mass is 9.90. The Morgan fingerprint density at radius 3 is 2.61 bits per heavy atom. The second kappa shape index (κ2) is 7.11. The number of carbonyl (C=O) groups is 3. The fourth-order valence-corrected chi connectivity index (χ4v) is 4.04. The molecule has 4 amide bonds. The van der Waals surface area contributed by atoms with Gasteiger partial charge in [0.2, 0.25) is 5.91 Å². The fourth-order valence-electron chi connectivity index (χ4n) is 4.04. The second-order valence-electron chi connectivity index (χ2n) is 7.51. The Morgan fingerprint density at radius 2 is 1.82 bits per heavy atom. The average Bonchev–Trinajstić information content (AvgIpc) is 2.93. The lowest BCUT2D eigenvalue weighted by molar-refractivity contribution is -0.133. The summed E-state index contributed by atoms with van der Waals surface area (Å²) in [5.74, 6) is -0.797. The van der Waals surface area contributed by atoms with Gasteiger partial charge in [0, 0.05) is 5.69 Å². The van der Waals surface area contributed by atoms with Crippen molar-refractivity contribution in [1.82, 2.24) is 10.2 Å². The maximum Gasteiger partial charge on any atom is 0.325 e. The van der Waals surface area contributed by atoms with Crippen LogP contribution in [-0.2, 0) is 28.0 Å². The number of imide groups is 1. The van der Waals surface area contributed by atoms with Gasteiger partial charge in [0.05, 0.1) is 0 Å². The SMILES string of the molecule is CC1(c2ccccc2)NC(=O)N(CC(=O)Nc2cccc3c2CCCC3)C1=O. The zero-order valence-corrected chi connectivity index (χ0v) is 15.8. The summed E-state index contributed by atoms with van der Waals surface area (Å²) in [6.07, 6.45) is 4.20. The molecule has 2 N–H and O–H groups in total. The topological polar surface area (TPSA) is 78.5 Å². The molecule has 1 aliphatic carbocycles. The molecule has 1 unspecified atom stereocenters. The number of hydrogen-bond acceptors (Lipinski definition) is 3. The number of amides is 4. The number of carbonyl (C=O) groups excluding carboxylic acids is 3. The summed E-state index contributed by atoms with van der Waals surface area (Å²) in [6, 6.07) is 14.4. The van der Waals surface area contributed by atoms with Crippen LogP contribution in [0.15, 0.2) is 48.5 Å². The van der Waals surface area contributed by atoms with Crippen molar-refractivity contribution in [2.75, 3.05) is 11.9 Å². The number of rotatable bonds is 4. The van der Waals surface area contributed by atoms with Crippen LogP contribution in [0.4, 0.5) is 10.5 Å². The van der Waals surface area contributed by atoms with E-state index in [1.165, 1.54) is 5.56 Å². The Hall–Kier alpha value is -3.15. The summed E-state index contributed by atoms with van der Waals surface area (Å²) in [5.41, 5.74) is 2.72. The zero-order chi connectivity index (χ0) is 19.7. The fraction of sp³-hybridized carbons (Fsp3) is 0.318. The molecular weight excluding hydrogens is 354 g/mol. The molecule has 6 nitrogen and oxygen atoms in total. The normalized spacial score (nSPS) is 21.2. The van der Waals surface area contributed by atoms with Crippen LogP contribution in [0.25, 0.3) is 0 Å². The van der Waals surface area contributed by atoms with Crippen molar-refractivity contribution in [3.05, 3.63) is 65.2 Å². The van der Waals surface area contributed by atoms with Gasteiger partial charge in [0.1, 0.15) is 12.1 Å². The van der Waals surface area contributed by atoms with Crippen LogP contribution >= 0.6 is 0 Å². The van der Waals surface area contributed by atoms with E-state index < -0.39 is 17.5 Å². The van der Waals surface area contributed by atoms with Gasteiger partial charge < -0.3 is 10.6 Å². The van der Waals surface area contributed by atoms with Gasteiger partial charge in [-0.3, -0.25) is 14.5 Å². The van der Waals surface area contributed by atoms with E-state index in [1.54, 1.807) is 19.1 Å². The van der Waals surface area contributed by atoms with Crippen LogP contribution < -0.4 is 10.6 Å².